The van der Waals surface area contributed by atoms with Crippen molar-refractivity contribution in [1.82, 2.24) is 14.9 Å². The van der Waals surface area contributed by atoms with Crippen LogP contribution in [0, 0.1) is 5.82 Å². The highest BCUT2D eigenvalue weighted by Crippen LogP contribution is 2.41. The maximum atomic E-state index is 14.7. The van der Waals surface area contributed by atoms with Crippen molar-refractivity contribution in [1.29, 1.82) is 0 Å². The molecule has 5 atom stereocenters. The molecular weight excluding hydrogens is 514 g/mol. The topological polar surface area (TPSA) is 129 Å². The van der Waals surface area contributed by atoms with E-state index in [9.17, 15) is 32.6 Å². The van der Waals surface area contributed by atoms with Gasteiger partial charge < -0.3 is 29.9 Å². The number of ether oxygens (including phenoxy) is 2. The average Bonchev–Trinajstić information content (AvgIpc) is 3.46. The number of aliphatic imine (C=N–C) groups is 1. The van der Waals surface area contributed by atoms with E-state index in [1.54, 1.807) is 0 Å². The molecule has 0 bridgehead atoms. The van der Waals surface area contributed by atoms with Crippen LogP contribution in [0.1, 0.15) is 36.2 Å². The minimum Gasteiger partial charge on any atom is -0.432 e. The number of nitrogens with zero attached hydrogens (tertiary/aromatic N) is 4. The van der Waals surface area contributed by atoms with Crippen LogP contribution in [0.15, 0.2) is 29.5 Å². The van der Waals surface area contributed by atoms with Crippen LogP contribution in [0.25, 0.3) is 0 Å². The van der Waals surface area contributed by atoms with Gasteiger partial charge in [0.2, 0.25) is 0 Å². The number of benzene rings is 1. The zero-order valence-electron chi connectivity index (χ0n) is 20.2. The highest BCUT2D eigenvalue weighted by molar-refractivity contribution is 6.47. The number of aliphatic hydroxyl groups excluding tert-OH is 2. The molecule has 2 saturated heterocycles. The Bertz CT molecular complexity index is 1260. The number of hydrogen-bond donors (Lipinski definition) is 3. The molecule has 1 amide bonds. The number of carbonyl (C=O) groups is 1. The third kappa shape index (κ3) is 5.15. The highest BCUT2D eigenvalue weighted by Gasteiger charge is 2.43. The van der Waals surface area contributed by atoms with Gasteiger partial charge in [0.05, 0.1) is 49.6 Å². The largest absolute Gasteiger partial charge is 0.432 e. The molecule has 2 fully saturated rings. The molecule has 3 N–H and O–H groups in total. The summed E-state index contributed by atoms with van der Waals surface area (Å²) in [6.07, 6.45) is -6.43. The van der Waals surface area contributed by atoms with E-state index in [4.69, 9.17) is 9.47 Å². The van der Waals surface area contributed by atoms with Crippen LogP contribution in [-0.2, 0) is 16.1 Å². The van der Waals surface area contributed by atoms with Crippen molar-refractivity contribution in [3.8, 4) is 5.75 Å². The van der Waals surface area contributed by atoms with Gasteiger partial charge in [0.1, 0.15) is 47.8 Å². The molecule has 0 unspecified atom stereocenters. The Morgan fingerprint density at radius 2 is 2.05 bits per heavy atom. The van der Waals surface area contributed by atoms with E-state index >= 15 is 0 Å². The number of hydrogen-bond acceptors (Lipinski definition) is 9. The van der Waals surface area contributed by atoms with E-state index in [0.717, 1.165) is 23.1 Å². The van der Waals surface area contributed by atoms with Crippen molar-refractivity contribution in [2.24, 2.45) is 4.99 Å². The molecule has 4 heterocycles. The predicted molar refractivity (Wildman–Crippen MR) is 124 cm³/mol. The van der Waals surface area contributed by atoms with E-state index in [-0.39, 0.29) is 61.1 Å². The lowest BCUT2D eigenvalue weighted by Gasteiger charge is -2.33. The number of alkyl halides is 3. The smallest absolute Gasteiger partial charge is 0.394 e. The minimum atomic E-state index is -3.59. The Morgan fingerprint density at radius 3 is 2.82 bits per heavy atom. The predicted octanol–water partition coefficient (Wildman–Crippen LogP) is 1.75. The van der Waals surface area contributed by atoms with Gasteiger partial charge in [0.15, 0.2) is 0 Å². The average molecular weight is 539 g/mol. The number of halogens is 4. The van der Waals surface area contributed by atoms with Crippen LogP contribution in [0.3, 0.4) is 0 Å². The first-order chi connectivity index (χ1) is 18.0. The van der Waals surface area contributed by atoms with E-state index in [0.29, 0.717) is 12.6 Å². The van der Waals surface area contributed by atoms with E-state index in [2.05, 4.69) is 20.3 Å². The first kappa shape index (κ1) is 26.3. The summed E-state index contributed by atoms with van der Waals surface area (Å²) in [4.78, 5) is 27.4. The van der Waals surface area contributed by atoms with Gasteiger partial charge in [-0.1, -0.05) is 0 Å². The van der Waals surface area contributed by atoms with Crippen molar-refractivity contribution >= 4 is 17.4 Å². The van der Waals surface area contributed by atoms with Crippen molar-refractivity contribution in [3.05, 3.63) is 47.2 Å². The van der Waals surface area contributed by atoms with Gasteiger partial charge in [-0.05, 0) is 18.2 Å². The standard InChI is InChI=1S/C24H25F4N5O5/c1-24(27,28)38-18-3-2-11(25)4-13(18)16-5-12(26)7-33(16)23(36)20-19-14(6-29-20)30-10-31-22(19)32-15-8-37-9-17(34)21(15)35/h2-4,10,12,15-17,21,34-35H,5-9H2,1H3,(H,30,31,32)/t12-,15+,16+,17+,21-/m0/s1. The summed E-state index contributed by atoms with van der Waals surface area (Å²) in [6.45, 7) is 0.173. The van der Waals surface area contributed by atoms with Gasteiger partial charge in [-0.25, -0.2) is 18.7 Å². The fourth-order valence-corrected chi connectivity index (χ4v) is 4.90. The van der Waals surface area contributed by atoms with Crippen molar-refractivity contribution in [3.63, 3.8) is 0 Å². The molecule has 10 nitrogen and oxygen atoms in total. The number of nitrogens with one attached hydrogen (secondary N) is 1. The first-order valence-corrected chi connectivity index (χ1v) is 11.9. The summed E-state index contributed by atoms with van der Waals surface area (Å²) >= 11 is 0. The second-order valence-corrected chi connectivity index (χ2v) is 9.45. The fraction of sp³-hybridized carbons (Fsp3) is 0.500. The van der Waals surface area contributed by atoms with E-state index < -0.39 is 48.3 Å². The lowest BCUT2D eigenvalue weighted by atomic mass is 10.0. The summed E-state index contributed by atoms with van der Waals surface area (Å²) < 4.78 is 66.1. The Kier molecular flexibility index (Phi) is 6.96. The SMILES string of the molecule is CC(F)(F)Oc1ccc(F)cc1[C@H]1C[C@H](F)CN1C(=O)C1=NCc2ncnc(N[C@@H]3COC[C@@H](O)[C@H]3O)c21. The molecule has 5 rings (SSSR count). The molecule has 1 aromatic carbocycles. The number of fused-ring (bicyclic) bond motifs is 1. The van der Waals surface area contributed by atoms with Crippen LogP contribution >= 0.6 is 0 Å². The summed E-state index contributed by atoms with van der Waals surface area (Å²) in [5.74, 6) is -1.72. The van der Waals surface area contributed by atoms with Crippen molar-refractivity contribution in [2.45, 2.75) is 56.5 Å². The van der Waals surface area contributed by atoms with E-state index in [1.165, 1.54) is 6.33 Å². The fourth-order valence-electron chi connectivity index (χ4n) is 4.90. The van der Waals surface area contributed by atoms with Crippen molar-refractivity contribution in [2.75, 3.05) is 25.1 Å². The molecular formula is C24H25F4N5O5. The van der Waals surface area contributed by atoms with Gasteiger partial charge >= 0.3 is 6.11 Å². The van der Waals surface area contributed by atoms with Gasteiger partial charge in [0, 0.05) is 18.9 Å². The second-order valence-electron chi connectivity index (χ2n) is 9.45. The zero-order valence-corrected chi connectivity index (χ0v) is 20.2. The summed E-state index contributed by atoms with van der Waals surface area (Å²) in [5, 5.41) is 23.2. The molecule has 3 aliphatic heterocycles. The zero-order chi connectivity index (χ0) is 27.2. The normalized spacial score (nSPS) is 27.2. The lowest BCUT2D eigenvalue weighted by molar-refractivity contribution is -0.159. The monoisotopic (exact) mass is 539 g/mol. The Labute approximate surface area is 214 Å². The molecule has 204 valence electrons. The molecule has 0 aliphatic carbocycles. The maximum Gasteiger partial charge on any atom is 0.394 e. The molecule has 0 spiro atoms. The maximum absolute atomic E-state index is 14.7. The van der Waals surface area contributed by atoms with Gasteiger partial charge in [-0.3, -0.25) is 9.79 Å². The Morgan fingerprint density at radius 1 is 1.26 bits per heavy atom. The second kappa shape index (κ2) is 10.1. The highest BCUT2D eigenvalue weighted by atomic mass is 19.3. The van der Waals surface area contributed by atoms with Crippen LogP contribution < -0.4 is 10.1 Å². The summed E-state index contributed by atoms with van der Waals surface area (Å²) in [7, 11) is 0. The number of anilines is 1. The van der Waals surface area contributed by atoms with Crippen LogP contribution in [0.2, 0.25) is 0 Å². The van der Waals surface area contributed by atoms with Crippen LogP contribution in [-0.4, -0.2) is 87.0 Å². The Balaban J connectivity index is 1.46. The lowest BCUT2D eigenvalue weighted by Crippen LogP contribution is -2.51. The number of aromatic nitrogens is 2. The van der Waals surface area contributed by atoms with Crippen molar-refractivity contribution < 1.29 is 42.0 Å². The van der Waals surface area contributed by atoms with Crippen LogP contribution in [0.4, 0.5) is 23.4 Å². The number of carbonyl (C=O) groups excluding carboxylic acids is 1. The molecule has 38 heavy (non-hydrogen) atoms. The molecule has 0 radical (unpaired) electrons. The molecule has 14 heteroatoms. The quantitative estimate of drug-likeness (QED) is 0.474. The number of amides is 1. The molecule has 1 aromatic heterocycles. The third-order valence-corrected chi connectivity index (χ3v) is 6.60. The minimum absolute atomic E-state index is 0.0217. The van der Waals surface area contributed by atoms with Crippen LogP contribution in [0.5, 0.6) is 5.75 Å². The van der Waals surface area contributed by atoms with Gasteiger partial charge in [0.25, 0.3) is 5.91 Å². The summed E-state index contributed by atoms with van der Waals surface area (Å²) in [6, 6.07) is 1.03. The van der Waals surface area contributed by atoms with Gasteiger partial charge in [-0.2, -0.15) is 8.78 Å². The molecule has 0 saturated carbocycles. The number of likely N-dealkylation sites (tertiary alicyclic amines) is 1. The number of aliphatic hydroxyl groups is 2. The first-order valence-electron chi connectivity index (χ1n) is 11.9. The summed E-state index contributed by atoms with van der Waals surface area (Å²) in [5.41, 5.74) is 0.416. The molecule has 3 aliphatic rings. The van der Waals surface area contributed by atoms with E-state index in [1.807, 2.05) is 0 Å². The molecule has 2 aromatic rings. The third-order valence-electron chi connectivity index (χ3n) is 6.60. The Hall–Kier alpha value is -3.36. The van der Waals surface area contributed by atoms with Gasteiger partial charge in [-0.15, -0.1) is 0 Å². The number of rotatable bonds is 6.